The van der Waals surface area contributed by atoms with Gasteiger partial charge in [0.15, 0.2) is 0 Å². The van der Waals surface area contributed by atoms with E-state index >= 15 is 0 Å². The quantitative estimate of drug-likeness (QED) is 0.483. The summed E-state index contributed by atoms with van der Waals surface area (Å²) < 4.78 is 2.56. The predicted octanol–water partition coefficient (Wildman–Crippen LogP) is -0.375. The number of hydrogen-bond acceptors (Lipinski definition) is 3. The lowest BCUT2D eigenvalue weighted by Crippen LogP contribution is -2.47. The Hall–Kier alpha value is -0.175. The summed E-state index contributed by atoms with van der Waals surface area (Å²) in [5, 5.41) is 24.0. The lowest BCUT2D eigenvalue weighted by molar-refractivity contribution is -0.921. The van der Waals surface area contributed by atoms with Gasteiger partial charge in [0.05, 0.1) is 59.7 Å². The summed E-state index contributed by atoms with van der Waals surface area (Å²) in [6.45, 7) is 28.4. The van der Waals surface area contributed by atoms with Crippen LogP contribution in [0, 0.1) is 0 Å². The minimum absolute atomic E-state index is 0. The molecule has 0 bridgehead atoms. The molecular weight excluding hydrogens is 295 g/mol. The minimum Gasteiger partial charge on any atom is -0.871 e. The minimum atomic E-state index is -2.67. The molecule has 0 aromatic heterocycles. The molecule has 0 aliphatic heterocycles. The van der Waals surface area contributed by atoms with Gasteiger partial charge in [-0.3, -0.25) is 0 Å². The Bertz CT molecular complexity index is 166. The third kappa shape index (κ3) is 15.1. The fourth-order valence-electron chi connectivity index (χ4n) is 2.68. The molecule has 0 aliphatic rings. The lowest BCUT2D eigenvalue weighted by atomic mass is 10.3. The first-order chi connectivity index (χ1) is 10.2. The third-order valence-corrected chi connectivity index (χ3v) is 5.37. The fraction of sp³-hybridized carbons (Fsp3) is 1.00. The second-order valence-electron chi connectivity index (χ2n) is 5.52. The summed E-state index contributed by atoms with van der Waals surface area (Å²) in [5.41, 5.74) is 0. The van der Waals surface area contributed by atoms with Gasteiger partial charge in [-0.2, -0.15) is 0 Å². The van der Waals surface area contributed by atoms with E-state index in [0.717, 1.165) is 0 Å². The summed E-state index contributed by atoms with van der Waals surface area (Å²) in [5.74, 6) is 0. The summed E-state index contributed by atoms with van der Waals surface area (Å²) in [6, 6.07) is 0. The zero-order chi connectivity index (χ0) is 18.2. The molecule has 0 spiro atoms. The highest BCUT2D eigenvalue weighted by atomic mass is 16.5. The summed E-state index contributed by atoms with van der Waals surface area (Å²) in [7, 11) is -2.67. The molecule has 0 fully saturated rings. The first-order valence-electron chi connectivity index (χ1n) is 8.92. The maximum absolute atomic E-state index is 8.53. The van der Waals surface area contributed by atoms with Crippen molar-refractivity contribution in [3.8, 4) is 0 Å². The van der Waals surface area contributed by atoms with Crippen LogP contribution in [0.25, 0.3) is 0 Å². The van der Waals surface area contributed by atoms with Crippen LogP contribution in [0.15, 0.2) is 0 Å². The Morgan fingerprint density at radius 1 is 0.565 bits per heavy atom. The van der Waals surface area contributed by atoms with Crippen molar-refractivity contribution in [2.75, 3.05) is 52.4 Å². The molecule has 0 atom stereocenters. The van der Waals surface area contributed by atoms with E-state index in [0.29, 0.717) is 0 Å². The average Bonchev–Trinajstić information content (AvgIpc) is 2.53. The van der Waals surface area contributed by atoms with Gasteiger partial charge < -0.3 is 29.5 Å². The Balaban J connectivity index is -0.000000124. The average molecular weight is 338 g/mol. The van der Waals surface area contributed by atoms with Crippen LogP contribution in [-0.2, 0) is 0 Å². The van der Waals surface area contributed by atoms with Gasteiger partial charge in [0.2, 0.25) is 0 Å². The van der Waals surface area contributed by atoms with Gasteiger partial charge in [-0.05, 0) is 55.4 Å². The van der Waals surface area contributed by atoms with Crippen molar-refractivity contribution in [2.45, 2.75) is 55.4 Å². The molecule has 0 amide bonds. The molecule has 0 aromatic rings. The molecule has 0 saturated carbocycles. The van der Waals surface area contributed by atoms with Crippen LogP contribution in [-0.4, -0.2) is 79.1 Å². The van der Waals surface area contributed by atoms with Gasteiger partial charge in [0.1, 0.15) is 0 Å². The summed E-state index contributed by atoms with van der Waals surface area (Å²) in [6.07, 6.45) is 0. The molecule has 0 radical (unpaired) electrons. The first-order valence-corrected chi connectivity index (χ1v) is 8.92. The van der Waals surface area contributed by atoms with E-state index in [4.69, 9.17) is 15.1 Å². The molecule has 144 valence electrons. The van der Waals surface area contributed by atoms with Crippen LogP contribution in [0.2, 0.25) is 0 Å². The highest BCUT2D eigenvalue weighted by Crippen LogP contribution is 2.03. The standard InChI is InChI=1S/2C8H20N.BHO3.H2O/c2*1-5-9(6-2,7-3)8-4;2-1(3)4;/h2*5-8H2,1-4H3;2H;1H2/q2*+1;-2;. The van der Waals surface area contributed by atoms with Crippen LogP contribution in [0.3, 0.4) is 0 Å². The molecule has 0 saturated heterocycles. The molecule has 0 aromatic carbocycles. The molecule has 23 heavy (non-hydrogen) atoms. The number of quaternary nitrogens is 2. The molecule has 0 rings (SSSR count). The molecule has 6 nitrogen and oxygen atoms in total. The number of nitrogens with zero attached hydrogens (tertiary/aromatic N) is 2. The van der Waals surface area contributed by atoms with Gasteiger partial charge in [-0.1, -0.05) is 0 Å². The maximum Gasteiger partial charge on any atom is 0.0757 e. The van der Waals surface area contributed by atoms with E-state index in [1.165, 1.54) is 61.3 Å². The topological polar surface area (TPSA) is 97.9 Å². The van der Waals surface area contributed by atoms with Crippen LogP contribution < -0.4 is 10.0 Å². The van der Waals surface area contributed by atoms with E-state index in [2.05, 4.69) is 55.4 Å². The van der Waals surface area contributed by atoms with Gasteiger partial charge in [0.25, 0.3) is 0 Å². The monoisotopic (exact) mass is 338 g/mol. The highest BCUT2D eigenvalue weighted by molar-refractivity contribution is 6.26. The highest BCUT2D eigenvalue weighted by Gasteiger charge is 2.16. The predicted molar refractivity (Wildman–Crippen MR) is 96.4 cm³/mol. The Labute approximate surface area is 145 Å². The Morgan fingerprint density at radius 3 is 0.652 bits per heavy atom. The van der Waals surface area contributed by atoms with E-state index in [1.54, 1.807) is 0 Å². The van der Waals surface area contributed by atoms with Gasteiger partial charge in [-0.25, -0.2) is 0 Å². The molecular formula is C16H43BN2O4. The fourth-order valence-corrected chi connectivity index (χ4v) is 2.68. The maximum atomic E-state index is 8.53. The normalized spacial score (nSPS) is 10.6. The zero-order valence-electron chi connectivity index (χ0n) is 16.9. The number of hydrogen-bond donors (Lipinski definition) is 1. The van der Waals surface area contributed by atoms with Crippen molar-refractivity contribution in [1.29, 1.82) is 0 Å². The van der Waals surface area contributed by atoms with Gasteiger partial charge >= 0.3 is 0 Å². The Kier molecular flexibility index (Phi) is 24.2. The van der Waals surface area contributed by atoms with Crippen molar-refractivity contribution >= 4 is 7.32 Å². The first kappa shape index (κ1) is 30.7. The van der Waals surface area contributed by atoms with Crippen LogP contribution in [0.1, 0.15) is 55.4 Å². The zero-order valence-corrected chi connectivity index (χ0v) is 16.9. The van der Waals surface area contributed by atoms with E-state index in [1.807, 2.05) is 0 Å². The molecule has 0 heterocycles. The lowest BCUT2D eigenvalue weighted by Gasteiger charge is -2.34. The molecule has 0 aliphatic carbocycles. The molecule has 0 unspecified atom stereocenters. The largest absolute Gasteiger partial charge is 0.871 e. The molecule has 7 heteroatoms. The van der Waals surface area contributed by atoms with Gasteiger partial charge in [-0.15, -0.1) is 0 Å². The van der Waals surface area contributed by atoms with Crippen LogP contribution >= 0.6 is 0 Å². The number of rotatable bonds is 8. The third-order valence-electron chi connectivity index (χ3n) is 5.37. The SMILES string of the molecule is CC[N+](CC)(CC)CC.CC[N+](CC)(CC)CC.O.[O-]B([O-])O. The summed E-state index contributed by atoms with van der Waals surface area (Å²) >= 11 is 0. The van der Waals surface area contributed by atoms with Crippen LogP contribution in [0.5, 0.6) is 0 Å². The van der Waals surface area contributed by atoms with Crippen molar-refractivity contribution in [2.24, 2.45) is 0 Å². The second kappa shape index (κ2) is 18.2. The summed E-state index contributed by atoms with van der Waals surface area (Å²) in [4.78, 5) is 0. The van der Waals surface area contributed by atoms with E-state index in [-0.39, 0.29) is 5.48 Å². The van der Waals surface area contributed by atoms with Crippen molar-refractivity contribution in [3.63, 3.8) is 0 Å². The Morgan fingerprint density at radius 2 is 0.652 bits per heavy atom. The van der Waals surface area contributed by atoms with E-state index < -0.39 is 7.32 Å². The van der Waals surface area contributed by atoms with E-state index in [9.17, 15) is 0 Å². The molecule has 3 N–H and O–H groups in total. The van der Waals surface area contributed by atoms with Crippen molar-refractivity contribution in [3.05, 3.63) is 0 Å². The van der Waals surface area contributed by atoms with Gasteiger partial charge in [0, 0.05) is 0 Å². The second-order valence-corrected chi connectivity index (χ2v) is 5.52. The van der Waals surface area contributed by atoms with Crippen LogP contribution in [0.4, 0.5) is 0 Å². The van der Waals surface area contributed by atoms with Crippen molar-refractivity contribution < 1.29 is 29.5 Å². The van der Waals surface area contributed by atoms with Crippen molar-refractivity contribution in [1.82, 2.24) is 0 Å². The smallest absolute Gasteiger partial charge is 0.0757 e.